The summed E-state index contributed by atoms with van der Waals surface area (Å²) in [7, 11) is -2.84. The first-order chi connectivity index (χ1) is 7.48. The lowest BCUT2D eigenvalue weighted by atomic mass is 10.2. The minimum Gasteiger partial charge on any atom is -0.398 e. The highest BCUT2D eigenvalue weighted by Gasteiger charge is 2.22. The van der Waals surface area contributed by atoms with Gasteiger partial charge in [-0.2, -0.15) is 0 Å². The Labute approximate surface area is 95.2 Å². The highest BCUT2D eigenvalue weighted by Crippen LogP contribution is 2.19. The van der Waals surface area contributed by atoms with Crippen molar-refractivity contribution >= 4 is 21.3 Å². The number of nitrogens with two attached hydrogens (primary N) is 1. The fourth-order valence-corrected chi connectivity index (χ4v) is 2.84. The standard InChI is InChI=1S/C10H15N3O2S/c1-8-7-12-10(6-9(8)11)13-2-4-16(14,15)5-3-13/h6-7H,2-5H2,1H3,(H2,11,12). The molecule has 1 saturated heterocycles. The first kappa shape index (κ1) is 11.2. The topological polar surface area (TPSA) is 76.3 Å². The first-order valence-electron chi connectivity index (χ1n) is 5.15. The van der Waals surface area contributed by atoms with Crippen LogP contribution in [0.25, 0.3) is 0 Å². The van der Waals surface area contributed by atoms with Crippen LogP contribution in [0.2, 0.25) is 0 Å². The van der Waals surface area contributed by atoms with Gasteiger partial charge in [0.25, 0.3) is 0 Å². The molecule has 2 N–H and O–H groups in total. The Morgan fingerprint density at radius 1 is 1.38 bits per heavy atom. The molecule has 2 rings (SSSR count). The summed E-state index contributed by atoms with van der Waals surface area (Å²) in [5.74, 6) is 1.16. The molecule has 0 amide bonds. The number of nitrogen functional groups attached to an aromatic ring is 1. The van der Waals surface area contributed by atoms with Gasteiger partial charge in [-0.15, -0.1) is 0 Å². The van der Waals surface area contributed by atoms with Crippen molar-refractivity contribution in [2.24, 2.45) is 0 Å². The zero-order valence-electron chi connectivity index (χ0n) is 9.18. The fraction of sp³-hybridized carbons (Fsp3) is 0.500. The van der Waals surface area contributed by atoms with Crippen LogP contribution in [0.3, 0.4) is 0 Å². The molecule has 0 aromatic carbocycles. The molecule has 16 heavy (non-hydrogen) atoms. The SMILES string of the molecule is Cc1cnc(N2CCS(=O)(=O)CC2)cc1N. The van der Waals surface area contributed by atoms with Crippen LogP contribution in [0.15, 0.2) is 12.3 Å². The summed E-state index contributed by atoms with van der Waals surface area (Å²) < 4.78 is 22.6. The van der Waals surface area contributed by atoms with E-state index in [0.717, 1.165) is 11.4 Å². The lowest BCUT2D eigenvalue weighted by Gasteiger charge is -2.27. The minimum absolute atomic E-state index is 0.197. The third-order valence-corrected chi connectivity index (χ3v) is 4.41. The number of anilines is 2. The van der Waals surface area contributed by atoms with E-state index in [1.165, 1.54) is 0 Å². The van der Waals surface area contributed by atoms with E-state index < -0.39 is 9.84 Å². The maximum Gasteiger partial charge on any atom is 0.153 e. The largest absolute Gasteiger partial charge is 0.398 e. The van der Waals surface area contributed by atoms with Crippen LogP contribution in [0.4, 0.5) is 11.5 Å². The van der Waals surface area contributed by atoms with E-state index in [4.69, 9.17) is 5.73 Å². The van der Waals surface area contributed by atoms with Crippen LogP contribution in [0.1, 0.15) is 5.56 Å². The molecule has 1 aromatic heterocycles. The third-order valence-electron chi connectivity index (χ3n) is 2.80. The predicted molar refractivity (Wildman–Crippen MR) is 64.3 cm³/mol. The number of hydrogen-bond acceptors (Lipinski definition) is 5. The molecule has 88 valence electrons. The van der Waals surface area contributed by atoms with Gasteiger partial charge in [-0.05, 0) is 12.5 Å². The molecule has 1 aliphatic heterocycles. The molecule has 0 saturated carbocycles. The summed E-state index contributed by atoms with van der Waals surface area (Å²) in [5, 5.41) is 0. The Morgan fingerprint density at radius 2 is 2.00 bits per heavy atom. The average Bonchev–Trinajstić information content (AvgIpc) is 2.22. The number of nitrogens with zero attached hydrogens (tertiary/aromatic N) is 2. The molecule has 5 nitrogen and oxygen atoms in total. The van der Waals surface area contributed by atoms with Gasteiger partial charge in [-0.25, -0.2) is 13.4 Å². The second-order valence-corrected chi connectivity index (χ2v) is 6.34. The molecule has 1 aliphatic rings. The maximum atomic E-state index is 11.3. The summed E-state index contributed by atoms with van der Waals surface area (Å²) in [6.45, 7) is 2.89. The van der Waals surface area contributed by atoms with Gasteiger partial charge in [0.1, 0.15) is 5.82 Å². The fourth-order valence-electron chi connectivity index (χ4n) is 1.64. The molecule has 0 radical (unpaired) electrons. The zero-order chi connectivity index (χ0) is 11.8. The quantitative estimate of drug-likeness (QED) is 0.760. The maximum absolute atomic E-state index is 11.3. The van der Waals surface area contributed by atoms with E-state index in [1.807, 2.05) is 11.8 Å². The van der Waals surface area contributed by atoms with Crippen molar-refractivity contribution in [1.29, 1.82) is 0 Å². The van der Waals surface area contributed by atoms with Crippen molar-refractivity contribution in [2.45, 2.75) is 6.92 Å². The molecule has 2 heterocycles. The van der Waals surface area contributed by atoms with Crippen LogP contribution in [-0.4, -0.2) is 38.0 Å². The smallest absolute Gasteiger partial charge is 0.153 e. The molecule has 6 heteroatoms. The van der Waals surface area contributed by atoms with Crippen LogP contribution >= 0.6 is 0 Å². The lowest BCUT2D eigenvalue weighted by Crippen LogP contribution is -2.40. The monoisotopic (exact) mass is 241 g/mol. The van der Waals surface area contributed by atoms with Gasteiger partial charge in [-0.3, -0.25) is 0 Å². The Bertz CT molecular complexity index is 485. The number of pyridine rings is 1. The Morgan fingerprint density at radius 3 is 2.56 bits per heavy atom. The van der Waals surface area contributed by atoms with Gasteiger partial charge in [0.2, 0.25) is 0 Å². The van der Waals surface area contributed by atoms with Gasteiger partial charge in [0, 0.05) is 31.0 Å². The van der Waals surface area contributed by atoms with Crippen molar-refractivity contribution in [2.75, 3.05) is 35.2 Å². The second-order valence-electron chi connectivity index (χ2n) is 4.04. The molecule has 0 aliphatic carbocycles. The number of rotatable bonds is 1. The molecule has 0 unspecified atom stereocenters. The van der Waals surface area contributed by atoms with Crippen LogP contribution in [0, 0.1) is 6.92 Å². The minimum atomic E-state index is -2.84. The van der Waals surface area contributed by atoms with Crippen molar-refractivity contribution in [3.05, 3.63) is 17.8 Å². The Kier molecular flexibility index (Phi) is 2.75. The lowest BCUT2D eigenvalue weighted by molar-refractivity contribution is 0.586. The predicted octanol–water partition coefficient (Wildman–Crippen LogP) is 0.207. The summed E-state index contributed by atoms with van der Waals surface area (Å²) in [6, 6.07) is 1.80. The van der Waals surface area contributed by atoms with E-state index in [-0.39, 0.29) is 11.5 Å². The molecule has 1 fully saturated rings. The molecule has 0 atom stereocenters. The summed E-state index contributed by atoms with van der Waals surface area (Å²) >= 11 is 0. The Hall–Kier alpha value is -1.30. The van der Waals surface area contributed by atoms with Gasteiger partial charge in [0.05, 0.1) is 11.5 Å². The molecule has 0 bridgehead atoms. The number of aryl methyl sites for hydroxylation is 1. The van der Waals surface area contributed by atoms with Gasteiger partial charge in [0.15, 0.2) is 9.84 Å². The normalized spacial score (nSPS) is 19.7. The first-order valence-corrected chi connectivity index (χ1v) is 6.97. The van der Waals surface area contributed by atoms with Crippen LogP contribution in [-0.2, 0) is 9.84 Å². The van der Waals surface area contributed by atoms with Crippen molar-refractivity contribution in [3.8, 4) is 0 Å². The third kappa shape index (κ3) is 2.27. The number of sulfone groups is 1. The molecular weight excluding hydrogens is 226 g/mol. The van der Waals surface area contributed by atoms with Crippen molar-refractivity contribution < 1.29 is 8.42 Å². The van der Waals surface area contributed by atoms with Crippen LogP contribution < -0.4 is 10.6 Å². The van der Waals surface area contributed by atoms with Gasteiger partial charge in [-0.1, -0.05) is 0 Å². The molecule has 1 aromatic rings. The Balaban J connectivity index is 2.17. The van der Waals surface area contributed by atoms with E-state index in [0.29, 0.717) is 18.8 Å². The van der Waals surface area contributed by atoms with Gasteiger partial charge >= 0.3 is 0 Å². The second kappa shape index (κ2) is 3.93. The van der Waals surface area contributed by atoms with E-state index in [1.54, 1.807) is 12.3 Å². The molecule has 0 spiro atoms. The highest BCUT2D eigenvalue weighted by molar-refractivity contribution is 7.91. The van der Waals surface area contributed by atoms with E-state index in [9.17, 15) is 8.42 Å². The summed E-state index contributed by atoms with van der Waals surface area (Å²) in [4.78, 5) is 6.22. The van der Waals surface area contributed by atoms with E-state index >= 15 is 0 Å². The summed E-state index contributed by atoms with van der Waals surface area (Å²) in [6.07, 6.45) is 1.72. The van der Waals surface area contributed by atoms with E-state index in [2.05, 4.69) is 4.98 Å². The number of aromatic nitrogens is 1. The number of hydrogen-bond donors (Lipinski definition) is 1. The average molecular weight is 241 g/mol. The van der Waals surface area contributed by atoms with Gasteiger partial charge < -0.3 is 10.6 Å². The van der Waals surface area contributed by atoms with Crippen molar-refractivity contribution in [3.63, 3.8) is 0 Å². The van der Waals surface area contributed by atoms with Crippen LogP contribution in [0.5, 0.6) is 0 Å². The van der Waals surface area contributed by atoms with Crippen molar-refractivity contribution in [1.82, 2.24) is 4.98 Å². The summed E-state index contributed by atoms with van der Waals surface area (Å²) in [5.41, 5.74) is 7.43. The highest BCUT2D eigenvalue weighted by atomic mass is 32.2. The zero-order valence-corrected chi connectivity index (χ0v) is 10.00. The molecular formula is C10H15N3O2S.